The largest absolute Gasteiger partial charge is 0.377 e. The Hall–Kier alpha value is -4.38. The van der Waals surface area contributed by atoms with Gasteiger partial charge in [-0.25, -0.2) is 0 Å². The van der Waals surface area contributed by atoms with Crippen LogP contribution in [-0.4, -0.2) is 34.0 Å². The van der Waals surface area contributed by atoms with Crippen LogP contribution in [0.4, 0.5) is 5.69 Å². The van der Waals surface area contributed by atoms with E-state index in [2.05, 4.69) is 130 Å². The summed E-state index contributed by atoms with van der Waals surface area (Å²) in [4.78, 5) is 16.4. The van der Waals surface area contributed by atoms with Crippen molar-refractivity contribution in [2.45, 2.75) is 0 Å². The number of benzene rings is 1. The Kier molecular flexibility index (Phi) is 4.47. The van der Waals surface area contributed by atoms with Crippen LogP contribution in [0.3, 0.4) is 0 Å². The summed E-state index contributed by atoms with van der Waals surface area (Å²) in [6, 6.07) is 25.5. The van der Waals surface area contributed by atoms with Gasteiger partial charge in [0.2, 0.25) is 0 Å². The summed E-state index contributed by atoms with van der Waals surface area (Å²) in [5.74, 6) is 0. The van der Waals surface area contributed by atoms with Crippen LogP contribution in [0.2, 0.25) is 0 Å². The van der Waals surface area contributed by atoms with Crippen LogP contribution in [0, 0.1) is 0 Å². The van der Waals surface area contributed by atoms with Crippen LogP contribution < -0.4 is 26.3 Å². The van der Waals surface area contributed by atoms with Gasteiger partial charge < -0.3 is 24.8 Å². The summed E-state index contributed by atoms with van der Waals surface area (Å²) in [7, 11) is 4.17. The molecule has 0 saturated carbocycles. The zero-order valence-corrected chi connectivity index (χ0v) is 18.6. The van der Waals surface area contributed by atoms with E-state index in [1.165, 1.54) is 11.3 Å². The second-order valence-corrected chi connectivity index (χ2v) is 8.61. The van der Waals surface area contributed by atoms with E-state index in [1.807, 2.05) is 0 Å². The highest BCUT2D eigenvalue weighted by atomic mass is 15.1. The van der Waals surface area contributed by atoms with E-state index in [-0.39, 0.29) is 0 Å². The molecule has 0 unspecified atom stereocenters. The maximum atomic E-state index is 3.63. The second kappa shape index (κ2) is 7.64. The van der Waals surface area contributed by atoms with Crippen molar-refractivity contribution >= 4 is 29.5 Å². The molecule has 1 aliphatic heterocycles. The summed E-state index contributed by atoms with van der Waals surface area (Å²) in [5, 5.41) is 4.22. The highest BCUT2D eigenvalue weighted by molar-refractivity contribution is 5.85. The fraction of sp³-hybridized carbons (Fsp3) is 0.0714. The Morgan fingerprint density at radius 2 is 1.15 bits per heavy atom. The first-order valence-corrected chi connectivity index (χ1v) is 11.1. The van der Waals surface area contributed by atoms with E-state index < -0.39 is 0 Å². The third-order valence-corrected chi connectivity index (χ3v) is 6.01. The van der Waals surface area contributed by atoms with Crippen molar-refractivity contribution in [1.29, 1.82) is 0 Å². The van der Waals surface area contributed by atoms with E-state index in [4.69, 9.17) is 0 Å². The fourth-order valence-corrected chi connectivity index (χ4v) is 4.49. The van der Waals surface area contributed by atoms with Crippen LogP contribution in [0.25, 0.3) is 23.8 Å². The van der Waals surface area contributed by atoms with Gasteiger partial charge in [0.05, 0.1) is 0 Å². The molecule has 33 heavy (non-hydrogen) atoms. The molecule has 0 atom stereocenters. The number of fused-ring (bicyclic) bond motifs is 8. The second-order valence-electron chi connectivity index (χ2n) is 8.61. The standard InChI is InChI=1S/C28H25N5/c1-33(2)27-6-4-3-5-24(27)28-25-13-11-22(31-25)16-20-9-7-18(29-20)15-19-8-10-21(30-19)17-23-12-14-26(28)32-23/h3-17,29-32H,1-2H3. The fourth-order valence-electron chi connectivity index (χ4n) is 4.49. The first kappa shape index (κ1) is 19.3. The lowest BCUT2D eigenvalue weighted by Crippen LogP contribution is -2.17. The molecule has 0 saturated heterocycles. The molecule has 162 valence electrons. The molecule has 0 fully saturated rings. The Morgan fingerprint density at radius 1 is 0.545 bits per heavy atom. The first-order valence-electron chi connectivity index (χ1n) is 11.1. The lowest BCUT2D eigenvalue weighted by atomic mass is 10.00. The maximum Gasteiger partial charge on any atom is 0.0486 e. The lowest BCUT2D eigenvalue weighted by molar-refractivity contribution is 1.12. The Labute approximate surface area is 191 Å². The van der Waals surface area contributed by atoms with Crippen LogP contribution in [0.15, 0.2) is 72.8 Å². The normalized spacial score (nSPS) is 12.6. The van der Waals surface area contributed by atoms with Crippen molar-refractivity contribution in [3.8, 4) is 0 Å². The van der Waals surface area contributed by atoms with E-state index in [1.54, 1.807) is 0 Å². The van der Waals surface area contributed by atoms with E-state index >= 15 is 0 Å². The molecule has 0 amide bonds. The number of nitrogens with one attached hydrogen (secondary N) is 4. The molecule has 6 rings (SSSR count). The molecule has 4 aromatic heterocycles. The van der Waals surface area contributed by atoms with E-state index in [0.29, 0.717) is 0 Å². The smallest absolute Gasteiger partial charge is 0.0486 e. The number of hydrogen-bond acceptors (Lipinski definition) is 1. The van der Waals surface area contributed by atoms with Gasteiger partial charge in [0.25, 0.3) is 0 Å². The van der Waals surface area contributed by atoms with Crippen molar-refractivity contribution < 1.29 is 0 Å². The number of para-hydroxylation sites is 1. The molecule has 5 aromatic rings. The quantitative estimate of drug-likeness (QED) is 0.333. The molecule has 0 spiro atoms. The number of rotatable bonds is 2. The van der Waals surface area contributed by atoms with Gasteiger partial charge in [0.1, 0.15) is 0 Å². The number of nitrogens with zero attached hydrogens (tertiary/aromatic N) is 1. The van der Waals surface area contributed by atoms with Crippen LogP contribution in [0.1, 0.15) is 28.3 Å². The topological polar surface area (TPSA) is 66.4 Å². The van der Waals surface area contributed by atoms with Crippen LogP contribution >= 0.6 is 0 Å². The lowest BCUT2D eigenvalue weighted by Gasteiger charge is -2.18. The molecule has 0 aliphatic carbocycles. The van der Waals surface area contributed by atoms with Gasteiger partial charge in [0.15, 0.2) is 0 Å². The summed E-state index contributed by atoms with van der Waals surface area (Å²) in [6.45, 7) is 0. The van der Waals surface area contributed by atoms with Gasteiger partial charge in [-0.05, 0) is 72.8 Å². The van der Waals surface area contributed by atoms with Gasteiger partial charge in [0, 0.05) is 75.1 Å². The molecule has 5 heterocycles. The van der Waals surface area contributed by atoms with Gasteiger partial charge in [-0.1, -0.05) is 18.2 Å². The predicted octanol–water partition coefficient (Wildman–Crippen LogP) is 2.11. The summed E-state index contributed by atoms with van der Waals surface area (Å²) in [5.41, 5.74) is 7.70. The number of anilines is 1. The monoisotopic (exact) mass is 431 g/mol. The van der Waals surface area contributed by atoms with Crippen molar-refractivity contribution in [2.24, 2.45) is 0 Å². The molecule has 0 radical (unpaired) electrons. The minimum absolute atomic E-state index is 1.05. The minimum atomic E-state index is 1.05. The molecule has 5 nitrogen and oxygen atoms in total. The van der Waals surface area contributed by atoms with E-state index in [9.17, 15) is 0 Å². The highest BCUT2D eigenvalue weighted by Crippen LogP contribution is 2.28. The number of aromatic nitrogens is 4. The SMILES string of the molecule is CN(C)c1ccccc1C1=c2ccc([nH]2)=Cc2ccc([nH]2)C=c2ccc([nH]2)=Cc2ccc1[nH]2. The first-order chi connectivity index (χ1) is 16.1. The summed E-state index contributed by atoms with van der Waals surface area (Å²) >= 11 is 0. The molecule has 1 aromatic carbocycles. The molecule has 5 heteroatoms. The maximum absolute atomic E-state index is 3.63. The van der Waals surface area contributed by atoms with Gasteiger partial charge >= 0.3 is 0 Å². The predicted molar refractivity (Wildman–Crippen MR) is 135 cm³/mol. The van der Waals surface area contributed by atoms with Gasteiger partial charge in [-0.2, -0.15) is 0 Å². The van der Waals surface area contributed by atoms with Gasteiger partial charge in [-0.15, -0.1) is 0 Å². The van der Waals surface area contributed by atoms with Crippen molar-refractivity contribution in [2.75, 3.05) is 19.0 Å². The van der Waals surface area contributed by atoms with E-state index in [0.717, 1.165) is 49.7 Å². The van der Waals surface area contributed by atoms with Gasteiger partial charge in [-0.3, -0.25) is 0 Å². The number of aromatic amines is 4. The number of H-pyrrole nitrogens is 4. The minimum Gasteiger partial charge on any atom is -0.377 e. The Balaban J connectivity index is 1.68. The van der Waals surface area contributed by atoms with Crippen LogP contribution in [0.5, 0.6) is 0 Å². The average Bonchev–Trinajstić information content (AvgIpc) is 3.60. The van der Waals surface area contributed by atoms with Crippen LogP contribution in [-0.2, 0) is 0 Å². The highest BCUT2D eigenvalue weighted by Gasteiger charge is 2.14. The summed E-state index contributed by atoms with van der Waals surface area (Å²) in [6.07, 6.45) is 6.39. The Bertz CT molecular complexity index is 1700. The summed E-state index contributed by atoms with van der Waals surface area (Å²) < 4.78 is 0. The molecular formula is C28H25N5. The Morgan fingerprint density at radius 3 is 1.88 bits per heavy atom. The molecule has 8 bridgehead atoms. The molecular weight excluding hydrogens is 406 g/mol. The number of hydrogen-bond donors (Lipinski definition) is 4. The zero-order chi connectivity index (χ0) is 22.4. The average molecular weight is 432 g/mol. The molecule has 4 N–H and O–H groups in total. The molecule has 1 aliphatic rings. The third kappa shape index (κ3) is 3.64. The van der Waals surface area contributed by atoms with Crippen molar-refractivity contribution in [3.63, 3.8) is 0 Å². The van der Waals surface area contributed by atoms with Crippen molar-refractivity contribution in [3.05, 3.63) is 123 Å². The third-order valence-electron chi connectivity index (χ3n) is 6.01. The zero-order valence-electron chi connectivity index (χ0n) is 18.6. The van der Waals surface area contributed by atoms with Crippen molar-refractivity contribution in [1.82, 2.24) is 19.9 Å².